The Hall–Kier alpha value is -6.14. The lowest BCUT2D eigenvalue weighted by atomic mass is 10.1. The molecule has 0 aliphatic carbocycles. The molecule has 4 rings (SSSR count). The van der Waals surface area contributed by atoms with Crippen molar-refractivity contribution in [2.75, 3.05) is 23.8 Å². The van der Waals surface area contributed by atoms with Gasteiger partial charge >= 0.3 is 0 Å². The molecular weight excluding hydrogens is 700 g/mol. The maximum absolute atomic E-state index is 13.1. The van der Waals surface area contributed by atoms with Crippen molar-refractivity contribution < 1.29 is 56.7 Å². The van der Waals surface area contributed by atoms with Crippen LogP contribution in [0.15, 0.2) is 72.8 Å². The number of aryl methyl sites for hydroxylation is 2. The molecular formula is C34H32F4N4O10. The summed E-state index contributed by atoms with van der Waals surface area (Å²) < 4.78 is 62.6. The lowest BCUT2D eigenvalue weighted by molar-refractivity contribution is -0.385. The molecule has 14 nitrogen and oxygen atoms in total. The van der Waals surface area contributed by atoms with Gasteiger partial charge in [0.05, 0.1) is 9.85 Å². The van der Waals surface area contributed by atoms with Gasteiger partial charge in [0, 0.05) is 71.0 Å². The summed E-state index contributed by atoms with van der Waals surface area (Å²) in [6.07, 6.45) is 0. The van der Waals surface area contributed by atoms with Gasteiger partial charge in [-0.1, -0.05) is 0 Å². The van der Waals surface area contributed by atoms with Crippen molar-refractivity contribution in [3.8, 4) is 11.5 Å². The molecule has 276 valence electrons. The lowest BCUT2D eigenvalue weighted by Gasteiger charge is -2.22. The summed E-state index contributed by atoms with van der Waals surface area (Å²) >= 11 is 0. The molecule has 4 N–H and O–H groups in total. The van der Waals surface area contributed by atoms with Crippen molar-refractivity contribution in [1.82, 2.24) is 0 Å². The standard InChI is InChI=1S/2C17H16F2N2O5/c2*1-10-5-13(3-4-15(10)21(24)25)20-16(22)17(2,23)9-26-14-7-11(18)6-12(19)8-14/h2*3-8,23H,9H2,1-2H3,(H,20,22). The number of nitrogens with zero attached hydrogens (tertiary/aromatic N) is 2. The van der Waals surface area contributed by atoms with Gasteiger partial charge in [-0.15, -0.1) is 0 Å². The first-order chi connectivity index (χ1) is 24.2. The van der Waals surface area contributed by atoms with E-state index >= 15 is 0 Å². The van der Waals surface area contributed by atoms with Gasteiger partial charge in [-0.25, -0.2) is 17.6 Å². The number of rotatable bonds is 12. The van der Waals surface area contributed by atoms with E-state index in [4.69, 9.17) is 9.47 Å². The Kier molecular flexibility index (Phi) is 12.9. The van der Waals surface area contributed by atoms with Crippen LogP contribution in [0.3, 0.4) is 0 Å². The Labute approximate surface area is 292 Å². The van der Waals surface area contributed by atoms with Crippen LogP contribution in [0.4, 0.5) is 40.3 Å². The van der Waals surface area contributed by atoms with E-state index in [2.05, 4.69) is 10.6 Å². The Balaban J connectivity index is 0.000000280. The third kappa shape index (κ3) is 11.5. The normalized spacial score (nSPS) is 13.0. The number of hydrogen-bond donors (Lipinski definition) is 4. The Bertz CT molecular complexity index is 1810. The van der Waals surface area contributed by atoms with Gasteiger partial charge in [-0.05, 0) is 52.0 Å². The summed E-state index contributed by atoms with van der Waals surface area (Å²) in [5.74, 6) is -5.47. The number of nitrogens with one attached hydrogen (secondary N) is 2. The molecule has 2 atom stereocenters. The second-order valence-corrected chi connectivity index (χ2v) is 11.8. The molecule has 0 saturated carbocycles. The van der Waals surface area contributed by atoms with Crippen molar-refractivity contribution in [1.29, 1.82) is 0 Å². The molecule has 0 heterocycles. The lowest BCUT2D eigenvalue weighted by Crippen LogP contribution is -2.45. The summed E-state index contributed by atoms with van der Waals surface area (Å²) in [5.41, 5.74) is -3.09. The molecule has 0 aliphatic heterocycles. The maximum atomic E-state index is 13.1. The van der Waals surface area contributed by atoms with Crippen molar-refractivity contribution in [2.24, 2.45) is 0 Å². The third-order valence-corrected chi connectivity index (χ3v) is 6.99. The van der Waals surface area contributed by atoms with Crippen LogP contribution in [-0.4, -0.2) is 56.3 Å². The van der Waals surface area contributed by atoms with E-state index in [-0.39, 0.29) is 34.2 Å². The zero-order valence-corrected chi connectivity index (χ0v) is 27.9. The number of carbonyl (C=O) groups excluding carboxylic acids is 2. The van der Waals surface area contributed by atoms with Gasteiger partial charge in [0.2, 0.25) is 0 Å². The van der Waals surface area contributed by atoms with Crippen molar-refractivity contribution in [3.05, 3.63) is 127 Å². The molecule has 0 aliphatic rings. The highest BCUT2D eigenvalue weighted by Gasteiger charge is 2.33. The van der Waals surface area contributed by atoms with Gasteiger partial charge < -0.3 is 30.3 Å². The zero-order chi connectivity index (χ0) is 39.0. The number of aliphatic hydroxyl groups is 2. The SMILES string of the molecule is Cc1cc(NC(=O)C(C)(O)COc2cc(F)cc(F)c2)ccc1[N+](=O)[O-].Cc1cc(NC(=O)C(C)(O)COc2cc(F)cc(F)c2)ccc1[N+](=O)[O-]. The molecule has 4 aromatic carbocycles. The number of anilines is 2. The molecule has 0 aromatic heterocycles. The van der Waals surface area contributed by atoms with Crippen LogP contribution in [0.1, 0.15) is 25.0 Å². The molecule has 0 bridgehead atoms. The molecule has 2 unspecified atom stereocenters. The number of halogens is 4. The first-order valence-electron chi connectivity index (χ1n) is 14.9. The predicted octanol–water partition coefficient (Wildman–Crippen LogP) is 5.90. The minimum absolute atomic E-state index is 0.105. The van der Waals surface area contributed by atoms with Crippen LogP contribution in [0, 0.1) is 57.3 Å². The number of carbonyl (C=O) groups is 2. The Morgan fingerprint density at radius 1 is 0.635 bits per heavy atom. The van der Waals surface area contributed by atoms with E-state index in [1.807, 2.05) is 0 Å². The number of benzene rings is 4. The molecule has 2 amide bonds. The highest BCUT2D eigenvalue weighted by Crippen LogP contribution is 2.25. The number of amides is 2. The summed E-state index contributed by atoms with van der Waals surface area (Å²) in [4.78, 5) is 44.9. The zero-order valence-electron chi connectivity index (χ0n) is 27.9. The number of ether oxygens (including phenoxy) is 2. The quantitative estimate of drug-likeness (QED) is 0.0771. The smallest absolute Gasteiger partial charge is 0.272 e. The fourth-order valence-electron chi connectivity index (χ4n) is 4.21. The van der Waals surface area contributed by atoms with Gasteiger partial charge in [0.25, 0.3) is 23.2 Å². The van der Waals surface area contributed by atoms with E-state index in [0.717, 1.165) is 38.1 Å². The third-order valence-electron chi connectivity index (χ3n) is 6.99. The summed E-state index contributed by atoms with van der Waals surface area (Å²) in [5, 5.41) is 46.8. The minimum Gasteiger partial charge on any atom is -0.490 e. The molecule has 0 fully saturated rings. The van der Waals surface area contributed by atoms with Gasteiger partial charge in [0.15, 0.2) is 11.2 Å². The first-order valence-corrected chi connectivity index (χ1v) is 14.9. The molecule has 4 aromatic rings. The van der Waals surface area contributed by atoms with E-state index < -0.39 is 69.3 Å². The Morgan fingerprint density at radius 2 is 0.942 bits per heavy atom. The van der Waals surface area contributed by atoms with Crippen molar-refractivity contribution in [2.45, 2.75) is 38.9 Å². The molecule has 18 heteroatoms. The van der Waals surface area contributed by atoms with Gasteiger partial charge in [-0.3, -0.25) is 29.8 Å². The van der Waals surface area contributed by atoms with E-state index in [0.29, 0.717) is 23.3 Å². The van der Waals surface area contributed by atoms with Crippen LogP contribution in [0.2, 0.25) is 0 Å². The average molecular weight is 733 g/mol. The van der Waals surface area contributed by atoms with Crippen LogP contribution in [0.25, 0.3) is 0 Å². The topological polar surface area (TPSA) is 203 Å². The fraction of sp³-hybridized carbons (Fsp3) is 0.235. The summed E-state index contributed by atoms with van der Waals surface area (Å²) in [6, 6.07) is 12.8. The first kappa shape index (κ1) is 40.3. The highest BCUT2D eigenvalue weighted by atomic mass is 19.1. The molecule has 0 saturated heterocycles. The van der Waals surface area contributed by atoms with E-state index in [9.17, 15) is 57.6 Å². The second kappa shape index (κ2) is 16.7. The minimum atomic E-state index is -2.02. The van der Waals surface area contributed by atoms with Crippen LogP contribution < -0.4 is 20.1 Å². The highest BCUT2D eigenvalue weighted by molar-refractivity contribution is 5.97. The summed E-state index contributed by atoms with van der Waals surface area (Å²) in [6.45, 7) is 4.22. The number of nitro benzene ring substituents is 2. The maximum Gasteiger partial charge on any atom is 0.272 e. The second-order valence-electron chi connectivity index (χ2n) is 11.8. The number of hydrogen-bond acceptors (Lipinski definition) is 10. The van der Waals surface area contributed by atoms with Gasteiger partial charge in [-0.2, -0.15) is 0 Å². The molecule has 0 spiro atoms. The van der Waals surface area contributed by atoms with Crippen molar-refractivity contribution >= 4 is 34.6 Å². The summed E-state index contributed by atoms with van der Waals surface area (Å²) in [7, 11) is 0. The monoisotopic (exact) mass is 732 g/mol. The van der Waals surface area contributed by atoms with E-state index in [1.165, 1.54) is 50.2 Å². The van der Waals surface area contributed by atoms with Crippen LogP contribution in [0.5, 0.6) is 11.5 Å². The fourth-order valence-corrected chi connectivity index (χ4v) is 4.21. The van der Waals surface area contributed by atoms with Crippen LogP contribution in [-0.2, 0) is 9.59 Å². The predicted molar refractivity (Wildman–Crippen MR) is 178 cm³/mol. The average Bonchev–Trinajstić information content (AvgIpc) is 3.02. The van der Waals surface area contributed by atoms with Crippen LogP contribution >= 0.6 is 0 Å². The van der Waals surface area contributed by atoms with E-state index in [1.54, 1.807) is 0 Å². The molecule has 0 radical (unpaired) electrons. The van der Waals surface area contributed by atoms with Gasteiger partial charge in [0.1, 0.15) is 48.0 Å². The Morgan fingerprint density at radius 3 is 1.21 bits per heavy atom. The largest absolute Gasteiger partial charge is 0.490 e. The van der Waals surface area contributed by atoms with Crippen molar-refractivity contribution in [3.63, 3.8) is 0 Å². The number of nitro groups is 2. The molecule has 52 heavy (non-hydrogen) atoms.